The second kappa shape index (κ2) is 8.43. The van der Waals surface area contributed by atoms with Gasteiger partial charge in [-0.3, -0.25) is 9.59 Å². The molecule has 0 aliphatic rings. The van der Waals surface area contributed by atoms with Crippen molar-refractivity contribution >= 4 is 16.7 Å². The number of amides is 1. The lowest BCUT2D eigenvalue weighted by Crippen LogP contribution is -2.30. The molecule has 0 atom stereocenters. The van der Waals surface area contributed by atoms with Crippen LogP contribution < -0.4 is 10.9 Å². The van der Waals surface area contributed by atoms with Gasteiger partial charge in [0.05, 0.1) is 11.1 Å². The Kier molecular flexibility index (Phi) is 5.79. The van der Waals surface area contributed by atoms with E-state index in [1.807, 2.05) is 24.3 Å². The molecule has 1 N–H and O–H groups in total. The van der Waals surface area contributed by atoms with Gasteiger partial charge in [0.1, 0.15) is 0 Å². The summed E-state index contributed by atoms with van der Waals surface area (Å²) in [7, 11) is 0. The van der Waals surface area contributed by atoms with Gasteiger partial charge in [0.15, 0.2) is 5.69 Å². The molecule has 1 heterocycles. The minimum atomic E-state index is -0.248. The van der Waals surface area contributed by atoms with Gasteiger partial charge in [0, 0.05) is 11.9 Å². The Bertz CT molecular complexity index is 948. The molecule has 0 aliphatic carbocycles. The van der Waals surface area contributed by atoms with Crippen molar-refractivity contribution in [3.8, 4) is 5.69 Å². The summed E-state index contributed by atoms with van der Waals surface area (Å²) in [5, 5.41) is 8.38. The maximum Gasteiger partial charge on any atom is 0.279 e. The number of rotatable bonds is 7. The number of carbonyl (C=O) groups is 1. The van der Waals surface area contributed by atoms with E-state index in [0.29, 0.717) is 23.0 Å². The summed E-state index contributed by atoms with van der Waals surface area (Å²) in [5.41, 5.74) is 0.686. The molecular weight excluding hydrogens is 326 g/mol. The van der Waals surface area contributed by atoms with Crippen LogP contribution in [0.3, 0.4) is 0 Å². The lowest BCUT2D eigenvalue weighted by molar-refractivity contribution is 0.0948. The number of nitrogens with one attached hydrogen (secondary N) is 1. The highest BCUT2D eigenvalue weighted by atomic mass is 16.2. The Morgan fingerprint density at radius 3 is 2.38 bits per heavy atom. The molecule has 0 unspecified atom stereocenters. The third-order valence-electron chi connectivity index (χ3n) is 4.34. The van der Waals surface area contributed by atoms with Crippen LogP contribution in [0.15, 0.2) is 59.4 Å². The summed E-state index contributed by atoms with van der Waals surface area (Å²) < 4.78 is 1.30. The number of hydrogen-bond donors (Lipinski definition) is 1. The molecular formula is C21H23N3O2. The molecule has 0 spiro atoms. The smallest absolute Gasteiger partial charge is 0.279 e. The van der Waals surface area contributed by atoms with Crippen LogP contribution in [-0.2, 0) is 0 Å². The van der Waals surface area contributed by atoms with Gasteiger partial charge in [-0.1, -0.05) is 62.6 Å². The van der Waals surface area contributed by atoms with Gasteiger partial charge in [-0.2, -0.15) is 9.78 Å². The largest absolute Gasteiger partial charge is 0.351 e. The maximum absolute atomic E-state index is 12.8. The van der Waals surface area contributed by atoms with Gasteiger partial charge in [-0.25, -0.2) is 0 Å². The van der Waals surface area contributed by atoms with Crippen molar-refractivity contribution in [1.82, 2.24) is 15.1 Å². The minimum Gasteiger partial charge on any atom is -0.351 e. The molecule has 1 aromatic heterocycles. The molecule has 0 radical (unpaired) electrons. The van der Waals surface area contributed by atoms with E-state index >= 15 is 0 Å². The van der Waals surface area contributed by atoms with Crippen molar-refractivity contribution in [1.29, 1.82) is 0 Å². The first-order valence-corrected chi connectivity index (χ1v) is 9.08. The van der Waals surface area contributed by atoms with Crippen molar-refractivity contribution < 1.29 is 4.79 Å². The number of unbranched alkanes of at least 4 members (excludes halogenated alkanes) is 3. The van der Waals surface area contributed by atoms with Crippen LogP contribution in [0.25, 0.3) is 16.5 Å². The molecule has 0 saturated carbocycles. The van der Waals surface area contributed by atoms with E-state index in [-0.39, 0.29) is 17.2 Å². The predicted octanol–water partition coefficient (Wildman–Crippen LogP) is 3.70. The fourth-order valence-electron chi connectivity index (χ4n) is 2.94. The molecule has 134 valence electrons. The van der Waals surface area contributed by atoms with Crippen molar-refractivity contribution in [2.24, 2.45) is 0 Å². The average Bonchev–Trinajstić information content (AvgIpc) is 2.69. The van der Waals surface area contributed by atoms with Crippen LogP contribution in [0.5, 0.6) is 0 Å². The first-order valence-electron chi connectivity index (χ1n) is 9.08. The van der Waals surface area contributed by atoms with Crippen LogP contribution in [0, 0.1) is 0 Å². The standard InChI is InChI=1S/C21H23N3O2/c1-2-3-4-10-15-22-20(25)19-17-13-8-9-14-18(17)21(26)24(23-19)16-11-6-5-7-12-16/h5-9,11-14H,2-4,10,15H2,1H3,(H,22,25). The number of aromatic nitrogens is 2. The summed E-state index contributed by atoms with van der Waals surface area (Å²) in [5.74, 6) is -0.248. The third-order valence-corrected chi connectivity index (χ3v) is 4.34. The highest BCUT2D eigenvalue weighted by Gasteiger charge is 2.16. The fraction of sp³-hybridized carbons (Fsp3) is 0.286. The van der Waals surface area contributed by atoms with Crippen molar-refractivity contribution in [3.05, 3.63) is 70.6 Å². The molecule has 0 saturated heterocycles. The number of fused-ring (bicyclic) bond motifs is 1. The van der Waals surface area contributed by atoms with Gasteiger partial charge in [-0.05, 0) is 24.6 Å². The summed E-state index contributed by atoms with van der Waals surface area (Å²) in [6.45, 7) is 2.76. The van der Waals surface area contributed by atoms with E-state index in [0.717, 1.165) is 25.7 Å². The lowest BCUT2D eigenvalue weighted by Gasteiger charge is -2.11. The van der Waals surface area contributed by atoms with E-state index in [1.165, 1.54) is 4.68 Å². The zero-order valence-corrected chi connectivity index (χ0v) is 14.9. The number of benzene rings is 2. The highest BCUT2D eigenvalue weighted by Crippen LogP contribution is 2.15. The number of para-hydroxylation sites is 1. The monoisotopic (exact) mass is 349 g/mol. The molecule has 3 rings (SSSR count). The van der Waals surface area contributed by atoms with Gasteiger partial charge >= 0.3 is 0 Å². The first kappa shape index (κ1) is 17.9. The predicted molar refractivity (Wildman–Crippen MR) is 104 cm³/mol. The van der Waals surface area contributed by atoms with Crippen molar-refractivity contribution in [2.45, 2.75) is 32.6 Å². The first-order chi connectivity index (χ1) is 12.7. The van der Waals surface area contributed by atoms with Gasteiger partial charge < -0.3 is 5.32 Å². The second-order valence-corrected chi connectivity index (χ2v) is 6.26. The van der Waals surface area contributed by atoms with Crippen LogP contribution in [-0.4, -0.2) is 22.2 Å². The second-order valence-electron chi connectivity index (χ2n) is 6.26. The molecule has 2 aromatic carbocycles. The van der Waals surface area contributed by atoms with E-state index < -0.39 is 0 Å². The molecule has 26 heavy (non-hydrogen) atoms. The number of carbonyl (C=O) groups excluding carboxylic acids is 1. The van der Waals surface area contributed by atoms with Crippen molar-refractivity contribution in [3.63, 3.8) is 0 Å². The van der Waals surface area contributed by atoms with E-state index in [1.54, 1.807) is 30.3 Å². The molecule has 5 nitrogen and oxygen atoms in total. The van der Waals surface area contributed by atoms with Crippen LogP contribution >= 0.6 is 0 Å². The lowest BCUT2D eigenvalue weighted by atomic mass is 10.1. The van der Waals surface area contributed by atoms with Crippen LogP contribution in [0.2, 0.25) is 0 Å². The Morgan fingerprint density at radius 1 is 0.962 bits per heavy atom. The molecule has 0 fully saturated rings. The maximum atomic E-state index is 12.8. The molecule has 3 aromatic rings. The molecule has 1 amide bonds. The molecule has 0 aliphatic heterocycles. The molecule has 0 bridgehead atoms. The minimum absolute atomic E-state index is 0.230. The summed E-state index contributed by atoms with van der Waals surface area (Å²) in [6, 6.07) is 16.3. The fourth-order valence-corrected chi connectivity index (χ4v) is 2.94. The zero-order chi connectivity index (χ0) is 18.4. The Labute approximate surface area is 152 Å². The quantitative estimate of drug-likeness (QED) is 0.662. The third kappa shape index (κ3) is 3.82. The Hall–Kier alpha value is -2.95. The van der Waals surface area contributed by atoms with Crippen LogP contribution in [0.1, 0.15) is 43.1 Å². The van der Waals surface area contributed by atoms with Gasteiger partial charge in [0.25, 0.3) is 11.5 Å². The van der Waals surface area contributed by atoms with E-state index in [4.69, 9.17) is 0 Å². The number of hydrogen-bond acceptors (Lipinski definition) is 3. The van der Waals surface area contributed by atoms with E-state index in [9.17, 15) is 9.59 Å². The van der Waals surface area contributed by atoms with Crippen LogP contribution in [0.4, 0.5) is 0 Å². The van der Waals surface area contributed by atoms with Gasteiger partial charge in [-0.15, -0.1) is 0 Å². The Morgan fingerprint density at radius 2 is 1.65 bits per heavy atom. The number of nitrogens with zero attached hydrogens (tertiary/aromatic N) is 2. The van der Waals surface area contributed by atoms with Gasteiger partial charge in [0.2, 0.25) is 0 Å². The van der Waals surface area contributed by atoms with E-state index in [2.05, 4.69) is 17.3 Å². The summed E-state index contributed by atoms with van der Waals surface area (Å²) in [6.07, 6.45) is 4.35. The van der Waals surface area contributed by atoms with Crippen molar-refractivity contribution in [2.75, 3.05) is 6.54 Å². The highest BCUT2D eigenvalue weighted by molar-refractivity contribution is 6.04. The SMILES string of the molecule is CCCCCCNC(=O)c1nn(-c2ccccc2)c(=O)c2ccccc12. The average molecular weight is 349 g/mol. The summed E-state index contributed by atoms with van der Waals surface area (Å²) >= 11 is 0. The Balaban J connectivity index is 1.98. The summed E-state index contributed by atoms with van der Waals surface area (Å²) in [4.78, 5) is 25.5. The zero-order valence-electron chi connectivity index (χ0n) is 14.9. The normalized spacial score (nSPS) is 10.8. The molecule has 5 heteroatoms. The topological polar surface area (TPSA) is 64.0 Å².